The summed E-state index contributed by atoms with van der Waals surface area (Å²) >= 11 is 0. The topological polar surface area (TPSA) is 41.1 Å². The maximum absolute atomic E-state index is 10.4. The smallest absolute Gasteiger partial charge is 0.221 e. The van der Waals surface area contributed by atoms with Crippen molar-refractivity contribution >= 4 is 6.41 Å². The number of aryl methyl sites for hydroxylation is 1. The van der Waals surface area contributed by atoms with Gasteiger partial charge in [-0.25, -0.2) is 5.43 Å². The fraction of sp³-hybridized carbons (Fsp3) is 0.462. The van der Waals surface area contributed by atoms with Crippen molar-refractivity contribution in [1.82, 2.24) is 10.9 Å². The first-order valence-electron chi connectivity index (χ1n) is 5.80. The Morgan fingerprint density at radius 2 is 1.81 bits per heavy atom. The lowest BCUT2D eigenvalue weighted by molar-refractivity contribution is -0.111. The Labute approximate surface area is 96.2 Å². The monoisotopic (exact) mass is 218 g/mol. The van der Waals surface area contributed by atoms with Gasteiger partial charge in [-0.15, -0.1) is 0 Å². The molecule has 0 bridgehead atoms. The molecule has 86 valence electrons. The van der Waals surface area contributed by atoms with E-state index in [1.54, 1.807) is 0 Å². The van der Waals surface area contributed by atoms with E-state index in [1.807, 2.05) is 0 Å². The Balaban J connectivity index is 2.24. The zero-order chi connectivity index (χ0) is 11.4. The second kappa shape index (κ2) is 4.66. The molecular weight excluding hydrogens is 200 g/mol. The van der Waals surface area contributed by atoms with E-state index in [-0.39, 0.29) is 5.54 Å². The molecule has 1 aromatic rings. The standard InChI is InChI=1S/C13H18N2O/c1-11-4-6-12(7-5-11)13(15-14-10-16)8-2-3-9-13/h4-7,10,15H,2-3,8-9H2,1H3,(H,14,16). The predicted octanol–water partition coefficient (Wildman–Crippen LogP) is 2.01. The van der Waals surface area contributed by atoms with E-state index in [0.717, 1.165) is 12.8 Å². The molecule has 1 amide bonds. The van der Waals surface area contributed by atoms with Crippen LogP contribution in [0, 0.1) is 6.92 Å². The summed E-state index contributed by atoms with van der Waals surface area (Å²) < 4.78 is 0. The third-order valence-corrected chi connectivity index (χ3v) is 3.43. The van der Waals surface area contributed by atoms with Crippen molar-refractivity contribution in [2.45, 2.75) is 38.1 Å². The summed E-state index contributed by atoms with van der Waals surface area (Å²) in [5, 5.41) is 0. The number of hydrazine groups is 1. The van der Waals surface area contributed by atoms with Crippen molar-refractivity contribution in [1.29, 1.82) is 0 Å². The summed E-state index contributed by atoms with van der Waals surface area (Å²) in [6.45, 7) is 2.09. The Morgan fingerprint density at radius 1 is 1.19 bits per heavy atom. The fourth-order valence-electron chi connectivity index (χ4n) is 2.50. The molecule has 3 heteroatoms. The molecule has 0 spiro atoms. The third kappa shape index (κ3) is 2.09. The Morgan fingerprint density at radius 3 is 2.38 bits per heavy atom. The minimum absolute atomic E-state index is 0.0609. The second-order valence-electron chi connectivity index (χ2n) is 4.54. The first-order valence-corrected chi connectivity index (χ1v) is 5.80. The number of carbonyl (C=O) groups excluding carboxylic acids is 1. The highest BCUT2D eigenvalue weighted by Gasteiger charge is 2.35. The van der Waals surface area contributed by atoms with Crippen molar-refractivity contribution in [2.24, 2.45) is 0 Å². The van der Waals surface area contributed by atoms with Crippen LogP contribution in [0.25, 0.3) is 0 Å². The van der Waals surface area contributed by atoms with E-state index in [2.05, 4.69) is 42.0 Å². The zero-order valence-corrected chi connectivity index (χ0v) is 9.62. The van der Waals surface area contributed by atoms with Crippen LogP contribution in [0.2, 0.25) is 0 Å². The highest BCUT2D eigenvalue weighted by molar-refractivity contribution is 5.45. The minimum Gasteiger partial charge on any atom is -0.293 e. The molecule has 0 saturated heterocycles. The van der Waals surface area contributed by atoms with E-state index >= 15 is 0 Å². The number of hydrogen-bond donors (Lipinski definition) is 2. The number of hydrogen-bond acceptors (Lipinski definition) is 2. The molecule has 1 aliphatic rings. The van der Waals surface area contributed by atoms with Crippen LogP contribution in [0.5, 0.6) is 0 Å². The highest BCUT2D eigenvalue weighted by Crippen LogP contribution is 2.38. The lowest BCUT2D eigenvalue weighted by atomic mass is 9.88. The molecule has 1 fully saturated rings. The SMILES string of the molecule is Cc1ccc(C2(NNC=O)CCCC2)cc1. The van der Waals surface area contributed by atoms with Crippen LogP contribution in [0.15, 0.2) is 24.3 Å². The van der Waals surface area contributed by atoms with Crippen LogP contribution < -0.4 is 10.9 Å². The number of benzene rings is 1. The zero-order valence-electron chi connectivity index (χ0n) is 9.62. The van der Waals surface area contributed by atoms with E-state index in [4.69, 9.17) is 0 Å². The molecule has 1 aliphatic carbocycles. The summed E-state index contributed by atoms with van der Waals surface area (Å²) in [7, 11) is 0. The van der Waals surface area contributed by atoms with Gasteiger partial charge in [0.15, 0.2) is 0 Å². The predicted molar refractivity (Wildman–Crippen MR) is 63.7 cm³/mol. The Hall–Kier alpha value is -1.35. The van der Waals surface area contributed by atoms with Gasteiger partial charge < -0.3 is 0 Å². The van der Waals surface area contributed by atoms with E-state index in [1.165, 1.54) is 24.0 Å². The molecule has 0 aromatic heterocycles. The fourth-order valence-corrected chi connectivity index (χ4v) is 2.50. The number of nitrogens with one attached hydrogen (secondary N) is 2. The van der Waals surface area contributed by atoms with Gasteiger partial charge in [0, 0.05) is 0 Å². The summed E-state index contributed by atoms with van der Waals surface area (Å²) in [5.74, 6) is 0. The largest absolute Gasteiger partial charge is 0.293 e. The average molecular weight is 218 g/mol. The van der Waals surface area contributed by atoms with Gasteiger partial charge in [0.05, 0.1) is 5.54 Å². The van der Waals surface area contributed by atoms with Crippen LogP contribution in [-0.4, -0.2) is 6.41 Å². The van der Waals surface area contributed by atoms with Crippen LogP contribution in [-0.2, 0) is 10.3 Å². The first kappa shape index (κ1) is 11.1. The number of amides is 1. The molecule has 3 nitrogen and oxygen atoms in total. The molecule has 0 heterocycles. The maximum atomic E-state index is 10.4. The summed E-state index contributed by atoms with van der Waals surface area (Å²) in [4.78, 5) is 10.4. The van der Waals surface area contributed by atoms with Crippen molar-refractivity contribution in [3.8, 4) is 0 Å². The van der Waals surface area contributed by atoms with E-state index < -0.39 is 0 Å². The van der Waals surface area contributed by atoms with Crippen molar-refractivity contribution < 1.29 is 4.79 Å². The molecule has 1 aromatic carbocycles. The molecule has 0 radical (unpaired) electrons. The minimum atomic E-state index is -0.0609. The van der Waals surface area contributed by atoms with E-state index in [9.17, 15) is 4.79 Å². The quantitative estimate of drug-likeness (QED) is 0.599. The van der Waals surface area contributed by atoms with Crippen molar-refractivity contribution in [2.75, 3.05) is 0 Å². The second-order valence-corrected chi connectivity index (χ2v) is 4.54. The van der Waals surface area contributed by atoms with Gasteiger partial charge in [-0.1, -0.05) is 42.7 Å². The average Bonchev–Trinajstić information content (AvgIpc) is 2.77. The molecule has 0 unspecified atom stereocenters. The third-order valence-electron chi connectivity index (χ3n) is 3.43. The summed E-state index contributed by atoms with van der Waals surface area (Å²) in [6, 6.07) is 8.55. The maximum Gasteiger partial charge on any atom is 0.221 e. The lowest BCUT2D eigenvalue weighted by Gasteiger charge is -2.30. The van der Waals surface area contributed by atoms with Gasteiger partial charge in [0.1, 0.15) is 0 Å². The van der Waals surface area contributed by atoms with Crippen LogP contribution in [0.1, 0.15) is 36.8 Å². The van der Waals surface area contributed by atoms with Gasteiger partial charge in [-0.05, 0) is 25.3 Å². The molecule has 2 N–H and O–H groups in total. The van der Waals surface area contributed by atoms with Gasteiger partial charge in [0.25, 0.3) is 0 Å². The van der Waals surface area contributed by atoms with E-state index in [0.29, 0.717) is 6.41 Å². The molecule has 0 aliphatic heterocycles. The Kier molecular flexibility index (Phi) is 3.25. The lowest BCUT2D eigenvalue weighted by Crippen LogP contribution is -2.47. The van der Waals surface area contributed by atoms with Crippen molar-refractivity contribution in [3.63, 3.8) is 0 Å². The van der Waals surface area contributed by atoms with Crippen LogP contribution in [0.3, 0.4) is 0 Å². The summed E-state index contributed by atoms with van der Waals surface area (Å²) in [6.07, 6.45) is 5.28. The van der Waals surface area contributed by atoms with Crippen LogP contribution >= 0.6 is 0 Å². The van der Waals surface area contributed by atoms with Gasteiger partial charge in [-0.2, -0.15) is 0 Å². The van der Waals surface area contributed by atoms with Crippen molar-refractivity contribution in [3.05, 3.63) is 35.4 Å². The molecule has 1 saturated carbocycles. The molecule has 16 heavy (non-hydrogen) atoms. The number of carbonyl (C=O) groups is 1. The highest BCUT2D eigenvalue weighted by atomic mass is 16.1. The normalized spacial score (nSPS) is 18.3. The molecule has 2 rings (SSSR count). The van der Waals surface area contributed by atoms with Gasteiger partial charge in [0.2, 0.25) is 6.41 Å². The Bertz CT molecular complexity index is 353. The summed E-state index contributed by atoms with van der Waals surface area (Å²) in [5.41, 5.74) is 8.25. The number of rotatable bonds is 4. The van der Waals surface area contributed by atoms with Gasteiger partial charge in [-0.3, -0.25) is 10.2 Å². The first-order chi connectivity index (χ1) is 7.77. The molecule has 0 atom stereocenters. The molecular formula is C13H18N2O. The van der Waals surface area contributed by atoms with Gasteiger partial charge >= 0.3 is 0 Å². The van der Waals surface area contributed by atoms with Crippen LogP contribution in [0.4, 0.5) is 0 Å².